The smallest absolute Gasteiger partial charge is 0.410 e. The van der Waals surface area contributed by atoms with Crippen molar-refractivity contribution in [2.45, 2.75) is 0 Å². The SMILES string of the molecule is Nc1cc(Nc2c3ccccc3nc3ccccc23)cc(OC(=O)Nc2cccc(F)c2)c1. The Kier molecular flexibility index (Phi) is 5.20. The summed E-state index contributed by atoms with van der Waals surface area (Å²) in [6, 6.07) is 26.2. The molecule has 0 saturated carbocycles. The molecule has 1 heterocycles. The first-order valence-corrected chi connectivity index (χ1v) is 10.2. The molecule has 0 saturated heterocycles. The third kappa shape index (κ3) is 4.38. The van der Waals surface area contributed by atoms with Crippen LogP contribution in [0.2, 0.25) is 0 Å². The summed E-state index contributed by atoms with van der Waals surface area (Å²) >= 11 is 0. The predicted octanol–water partition coefficient (Wildman–Crippen LogP) is 6.46. The number of aromatic nitrogens is 1. The molecule has 4 N–H and O–H groups in total. The van der Waals surface area contributed by atoms with Crippen LogP contribution < -0.4 is 21.1 Å². The van der Waals surface area contributed by atoms with Gasteiger partial charge in [0.1, 0.15) is 11.6 Å². The van der Waals surface area contributed by atoms with Gasteiger partial charge < -0.3 is 15.8 Å². The Balaban J connectivity index is 1.46. The molecule has 0 atom stereocenters. The molecule has 0 radical (unpaired) electrons. The van der Waals surface area contributed by atoms with E-state index in [4.69, 9.17) is 15.5 Å². The highest BCUT2D eigenvalue weighted by Crippen LogP contribution is 2.34. The number of pyridine rings is 1. The van der Waals surface area contributed by atoms with Crippen molar-refractivity contribution in [2.24, 2.45) is 0 Å². The molecule has 1 amide bonds. The Bertz CT molecular complexity index is 1450. The molecule has 0 aliphatic rings. The number of fused-ring (bicyclic) bond motifs is 2. The van der Waals surface area contributed by atoms with Crippen molar-refractivity contribution in [3.63, 3.8) is 0 Å². The number of carbonyl (C=O) groups excluding carboxylic acids is 1. The standard InChI is InChI=1S/C26H19FN4O2/c27-16-6-5-7-18(12-16)30-26(32)33-20-14-17(28)13-19(15-20)29-25-21-8-1-3-10-23(21)31-24-11-4-2-9-22(24)25/h1-15H,28H2,(H,29,31)(H,30,32). The molecule has 162 valence electrons. The molecular weight excluding hydrogens is 419 g/mol. The normalized spacial score (nSPS) is 10.8. The minimum absolute atomic E-state index is 0.245. The van der Waals surface area contributed by atoms with Crippen LogP contribution in [0.3, 0.4) is 0 Å². The molecule has 0 spiro atoms. The Morgan fingerprint density at radius 3 is 2.21 bits per heavy atom. The summed E-state index contributed by atoms with van der Waals surface area (Å²) in [5.74, 6) is -0.214. The minimum Gasteiger partial charge on any atom is -0.410 e. The summed E-state index contributed by atoms with van der Waals surface area (Å²) in [6.45, 7) is 0. The molecule has 0 fully saturated rings. The summed E-state index contributed by atoms with van der Waals surface area (Å²) < 4.78 is 18.7. The number of nitrogens with two attached hydrogens (primary N) is 1. The number of para-hydroxylation sites is 2. The van der Waals surface area contributed by atoms with Crippen molar-refractivity contribution in [3.8, 4) is 5.75 Å². The summed E-state index contributed by atoms with van der Waals surface area (Å²) in [5.41, 5.74) is 10.0. The van der Waals surface area contributed by atoms with Gasteiger partial charge in [0.2, 0.25) is 0 Å². The Hall–Kier alpha value is -4.65. The number of nitrogens with one attached hydrogen (secondary N) is 2. The lowest BCUT2D eigenvalue weighted by Gasteiger charge is -2.15. The molecule has 0 aliphatic carbocycles. The van der Waals surface area contributed by atoms with E-state index >= 15 is 0 Å². The van der Waals surface area contributed by atoms with Crippen LogP contribution in [0.5, 0.6) is 5.75 Å². The maximum Gasteiger partial charge on any atom is 0.417 e. The zero-order valence-electron chi connectivity index (χ0n) is 17.4. The fourth-order valence-corrected chi connectivity index (χ4v) is 3.69. The average molecular weight is 438 g/mol. The first-order chi connectivity index (χ1) is 16.0. The van der Waals surface area contributed by atoms with Gasteiger partial charge in [0.25, 0.3) is 0 Å². The predicted molar refractivity (Wildman–Crippen MR) is 129 cm³/mol. The van der Waals surface area contributed by atoms with Crippen molar-refractivity contribution in [3.05, 3.63) is 96.8 Å². The summed E-state index contributed by atoms with van der Waals surface area (Å²) in [5, 5.41) is 7.82. The maximum absolute atomic E-state index is 13.4. The van der Waals surface area contributed by atoms with E-state index in [9.17, 15) is 9.18 Å². The third-order valence-electron chi connectivity index (χ3n) is 5.07. The largest absolute Gasteiger partial charge is 0.417 e. The number of benzene rings is 4. The lowest BCUT2D eigenvalue weighted by Crippen LogP contribution is -2.17. The van der Waals surface area contributed by atoms with Crippen molar-refractivity contribution >= 4 is 50.6 Å². The highest BCUT2D eigenvalue weighted by atomic mass is 19.1. The first kappa shape index (κ1) is 20.3. The van der Waals surface area contributed by atoms with Gasteiger partial charge in [0, 0.05) is 40.0 Å². The first-order valence-electron chi connectivity index (χ1n) is 10.2. The molecule has 6 nitrogen and oxygen atoms in total. The molecule has 5 aromatic rings. The quantitative estimate of drug-likeness (QED) is 0.221. The zero-order chi connectivity index (χ0) is 22.8. The number of hydrogen-bond donors (Lipinski definition) is 3. The highest BCUT2D eigenvalue weighted by Gasteiger charge is 2.12. The van der Waals surface area contributed by atoms with E-state index in [2.05, 4.69) is 10.6 Å². The number of nitrogen functional groups attached to an aromatic ring is 1. The molecule has 4 aromatic carbocycles. The van der Waals surface area contributed by atoms with E-state index in [0.29, 0.717) is 11.4 Å². The van der Waals surface area contributed by atoms with Gasteiger partial charge in [-0.3, -0.25) is 5.32 Å². The number of nitrogens with zero attached hydrogens (tertiary/aromatic N) is 1. The Morgan fingerprint density at radius 1 is 0.818 bits per heavy atom. The molecule has 5 rings (SSSR count). The van der Waals surface area contributed by atoms with E-state index in [1.165, 1.54) is 18.2 Å². The maximum atomic E-state index is 13.4. The molecule has 33 heavy (non-hydrogen) atoms. The summed E-state index contributed by atoms with van der Waals surface area (Å²) in [4.78, 5) is 17.0. The van der Waals surface area contributed by atoms with Gasteiger partial charge in [-0.05, 0) is 36.4 Å². The van der Waals surface area contributed by atoms with E-state index < -0.39 is 11.9 Å². The van der Waals surface area contributed by atoms with Gasteiger partial charge in [-0.25, -0.2) is 14.2 Å². The van der Waals surface area contributed by atoms with E-state index in [1.807, 2.05) is 48.5 Å². The second-order valence-electron chi connectivity index (χ2n) is 7.46. The van der Waals surface area contributed by atoms with E-state index in [-0.39, 0.29) is 11.4 Å². The molecule has 0 bridgehead atoms. The van der Waals surface area contributed by atoms with Crippen LogP contribution in [0.15, 0.2) is 91.0 Å². The minimum atomic E-state index is -0.753. The Morgan fingerprint density at radius 2 is 1.52 bits per heavy atom. The molecular formula is C26H19FN4O2. The van der Waals surface area contributed by atoms with E-state index in [0.717, 1.165) is 27.5 Å². The van der Waals surface area contributed by atoms with E-state index in [1.54, 1.807) is 24.3 Å². The number of ether oxygens (including phenoxy) is 1. The van der Waals surface area contributed by atoms with Crippen LogP contribution in [-0.2, 0) is 0 Å². The van der Waals surface area contributed by atoms with Gasteiger partial charge in [-0.2, -0.15) is 0 Å². The number of hydrogen-bond acceptors (Lipinski definition) is 5. The van der Waals surface area contributed by atoms with Crippen molar-refractivity contribution in [1.29, 1.82) is 0 Å². The van der Waals surface area contributed by atoms with Crippen LogP contribution in [0.25, 0.3) is 21.8 Å². The highest BCUT2D eigenvalue weighted by molar-refractivity contribution is 6.08. The number of rotatable bonds is 4. The van der Waals surface area contributed by atoms with Gasteiger partial charge >= 0.3 is 6.09 Å². The van der Waals surface area contributed by atoms with Crippen LogP contribution in [0, 0.1) is 5.82 Å². The fraction of sp³-hybridized carbons (Fsp3) is 0. The van der Waals surface area contributed by atoms with Crippen LogP contribution in [-0.4, -0.2) is 11.1 Å². The van der Waals surface area contributed by atoms with Gasteiger partial charge in [-0.15, -0.1) is 0 Å². The van der Waals surface area contributed by atoms with Crippen molar-refractivity contribution in [2.75, 3.05) is 16.4 Å². The topological polar surface area (TPSA) is 89.3 Å². The monoisotopic (exact) mass is 438 g/mol. The van der Waals surface area contributed by atoms with Crippen LogP contribution in [0.1, 0.15) is 0 Å². The third-order valence-corrected chi connectivity index (χ3v) is 5.07. The number of carbonyl (C=O) groups is 1. The van der Waals surface area contributed by atoms with Gasteiger partial charge in [0.15, 0.2) is 0 Å². The summed E-state index contributed by atoms with van der Waals surface area (Å²) in [6.07, 6.45) is -0.753. The van der Waals surface area contributed by atoms with Gasteiger partial charge in [0.05, 0.1) is 16.7 Å². The zero-order valence-corrected chi connectivity index (χ0v) is 17.4. The van der Waals surface area contributed by atoms with Crippen molar-refractivity contribution < 1.29 is 13.9 Å². The molecule has 7 heteroatoms. The fourth-order valence-electron chi connectivity index (χ4n) is 3.69. The molecule has 0 aliphatic heterocycles. The number of halogens is 1. The lowest BCUT2D eigenvalue weighted by atomic mass is 10.1. The second kappa shape index (κ2) is 8.47. The Labute approximate surface area is 188 Å². The van der Waals surface area contributed by atoms with Crippen molar-refractivity contribution in [1.82, 2.24) is 4.98 Å². The van der Waals surface area contributed by atoms with Crippen LogP contribution >= 0.6 is 0 Å². The molecule has 1 aromatic heterocycles. The second-order valence-corrected chi connectivity index (χ2v) is 7.46. The van der Waals surface area contributed by atoms with Crippen LogP contribution in [0.4, 0.5) is 31.9 Å². The summed E-state index contributed by atoms with van der Waals surface area (Å²) in [7, 11) is 0. The number of anilines is 4. The lowest BCUT2D eigenvalue weighted by molar-refractivity contribution is 0.215. The average Bonchev–Trinajstić information content (AvgIpc) is 2.78. The van der Waals surface area contributed by atoms with Gasteiger partial charge in [-0.1, -0.05) is 42.5 Å². The molecule has 0 unspecified atom stereocenters. The number of amides is 1.